The molecule has 4 heteroatoms. The molecule has 0 N–H and O–H groups in total. The Balaban J connectivity index is 2.57. The lowest BCUT2D eigenvalue weighted by Gasteiger charge is -2.09. The molecular formula is C11H12BrClO2. The van der Waals surface area contributed by atoms with Crippen molar-refractivity contribution in [3.63, 3.8) is 0 Å². The molecule has 1 atom stereocenters. The van der Waals surface area contributed by atoms with Crippen LogP contribution < -0.4 is 0 Å². The first-order valence-electron chi connectivity index (χ1n) is 4.68. The van der Waals surface area contributed by atoms with Gasteiger partial charge in [0.1, 0.15) is 0 Å². The molecule has 0 heterocycles. The summed E-state index contributed by atoms with van der Waals surface area (Å²) in [7, 11) is 0. The first-order chi connectivity index (χ1) is 7.13. The van der Waals surface area contributed by atoms with Crippen LogP contribution in [0.2, 0.25) is 5.02 Å². The molecule has 0 spiro atoms. The van der Waals surface area contributed by atoms with E-state index in [0.717, 1.165) is 5.56 Å². The van der Waals surface area contributed by atoms with Crippen LogP contribution in [0.15, 0.2) is 24.3 Å². The lowest BCUT2D eigenvalue weighted by atomic mass is 10.1. The van der Waals surface area contributed by atoms with Gasteiger partial charge in [-0.25, -0.2) is 0 Å². The third-order valence-corrected chi connectivity index (χ3v) is 2.99. The van der Waals surface area contributed by atoms with E-state index >= 15 is 0 Å². The number of hydrogen-bond acceptors (Lipinski definition) is 2. The highest BCUT2D eigenvalue weighted by molar-refractivity contribution is 9.09. The van der Waals surface area contributed by atoms with E-state index in [0.29, 0.717) is 18.1 Å². The van der Waals surface area contributed by atoms with Gasteiger partial charge in [0.25, 0.3) is 0 Å². The van der Waals surface area contributed by atoms with Crippen LogP contribution in [0.3, 0.4) is 0 Å². The third-order valence-electron chi connectivity index (χ3n) is 1.88. The minimum absolute atomic E-state index is 0.0196. The molecule has 1 rings (SSSR count). The fraction of sp³-hybridized carbons (Fsp3) is 0.364. The smallest absolute Gasteiger partial charge is 0.307 e. The molecule has 0 aliphatic carbocycles. The van der Waals surface area contributed by atoms with E-state index in [-0.39, 0.29) is 10.8 Å². The van der Waals surface area contributed by atoms with Gasteiger partial charge >= 0.3 is 5.97 Å². The molecule has 0 aliphatic heterocycles. The number of ether oxygens (including phenoxy) is 1. The molecule has 0 saturated heterocycles. The van der Waals surface area contributed by atoms with E-state index in [1.54, 1.807) is 19.1 Å². The summed E-state index contributed by atoms with van der Waals surface area (Å²) >= 11 is 9.20. The number of benzene rings is 1. The van der Waals surface area contributed by atoms with Gasteiger partial charge in [0.2, 0.25) is 0 Å². The van der Waals surface area contributed by atoms with Crippen molar-refractivity contribution >= 4 is 33.5 Å². The van der Waals surface area contributed by atoms with Crippen LogP contribution in [0, 0.1) is 0 Å². The Hall–Kier alpha value is -0.540. The summed E-state index contributed by atoms with van der Waals surface area (Å²) in [6, 6.07) is 7.38. The Morgan fingerprint density at radius 3 is 2.60 bits per heavy atom. The van der Waals surface area contributed by atoms with Crippen molar-refractivity contribution in [2.45, 2.75) is 18.2 Å². The quantitative estimate of drug-likeness (QED) is 0.624. The van der Waals surface area contributed by atoms with Crippen molar-refractivity contribution in [1.29, 1.82) is 0 Å². The van der Waals surface area contributed by atoms with E-state index < -0.39 is 0 Å². The molecular weight excluding hydrogens is 279 g/mol. The van der Waals surface area contributed by atoms with Gasteiger partial charge in [-0.05, 0) is 24.6 Å². The van der Waals surface area contributed by atoms with E-state index in [9.17, 15) is 4.79 Å². The number of carbonyl (C=O) groups excluding carboxylic acids is 1. The van der Waals surface area contributed by atoms with Gasteiger partial charge in [-0.15, -0.1) is 0 Å². The van der Waals surface area contributed by atoms with E-state index in [4.69, 9.17) is 16.3 Å². The van der Waals surface area contributed by atoms with Gasteiger partial charge in [0.05, 0.1) is 13.0 Å². The Kier molecular flexibility index (Phi) is 5.12. The van der Waals surface area contributed by atoms with Gasteiger partial charge < -0.3 is 4.74 Å². The molecule has 2 nitrogen and oxygen atoms in total. The van der Waals surface area contributed by atoms with Crippen LogP contribution in [-0.2, 0) is 9.53 Å². The number of alkyl halides is 1. The highest BCUT2D eigenvalue weighted by Gasteiger charge is 2.13. The maximum absolute atomic E-state index is 11.2. The topological polar surface area (TPSA) is 26.3 Å². The summed E-state index contributed by atoms with van der Waals surface area (Å²) in [6.45, 7) is 2.21. The summed E-state index contributed by atoms with van der Waals surface area (Å²) in [4.78, 5) is 11.2. The van der Waals surface area contributed by atoms with Crippen LogP contribution in [0.25, 0.3) is 0 Å². The lowest BCUT2D eigenvalue weighted by Crippen LogP contribution is -2.06. The third kappa shape index (κ3) is 4.22. The van der Waals surface area contributed by atoms with Crippen LogP contribution in [0.1, 0.15) is 23.7 Å². The number of esters is 1. The van der Waals surface area contributed by atoms with Crippen molar-refractivity contribution in [3.8, 4) is 0 Å². The minimum Gasteiger partial charge on any atom is -0.466 e. The fourth-order valence-corrected chi connectivity index (χ4v) is 1.85. The highest BCUT2D eigenvalue weighted by atomic mass is 79.9. The largest absolute Gasteiger partial charge is 0.466 e. The maximum atomic E-state index is 11.2. The van der Waals surface area contributed by atoms with Gasteiger partial charge in [0, 0.05) is 9.85 Å². The fourth-order valence-electron chi connectivity index (χ4n) is 1.16. The average Bonchev–Trinajstić information content (AvgIpc) is 2.18. The van der Waals surface area contributed by atoms with Crippen molar-refractivity contribution in [2.24, 2.45) is 0 Å². The first kappa shape index (κ1) is 12.5. The summed E-state index contributed by atoms with van der Waals surface area (Å²) in [6.07, 6.45) is 0.329. The normalized spacial score (nSPS) is 12.2. The molecule has 0 aromatic heterocycles. The Labute approximate surface area is 103 Å². The van der Waals surface area contributed by atoms with Crippen LogP contribution in [0.5, 0.6) is 0 Å². The Morgan fingerprint density at radius 1 is 1.47 bits per heavy atom. The second-order valence-corrected chi connectivity index (χ2v) is 4.57. The standard InChI is InChI=1S/C11H12BrClO2/c1-2-15-11(14)7-10(12)8-3-5-9(13)6-4-8/h3-6,10H,2,7H2,1H3. The molecule has 1 unspecified atom stereocenters. The van der Waals surface area contributed by atoms with E-state index in [1.807, 2.05) is 12.1 Å². The van der Waals surface area contributed by atoms with Crippen LogP contribution in [0.4, 0.5) is 0 Å². The summed E-state index contributed by atoms with van der Waals surface area (Å²) < 4.78 is 4.86. The predicted molar refractivity (Wildman–Crippen MR) is 64.4 cm³/mol. The molecule has 0 radical (unpaired) electrons. The molecule has 0 aliphatic rings. The summed E-state index contributed by atoms with van der Waals surface area (Å²) in [5.74, 6) is -0.200. The number of carbonyl (C=O) groups is 1. The molecule has 1 aromatic carbocycles. The molecule has 0 bridgehead atoms. The maximum Gasteiger partial charge on any atom is 0.307 e. The van der Waals surface area contributed by atoms with Crippen molar-refractivity contribution < 1.29 is 9.53 Å². The lowest BCUT2D eigenvalue weighted by molar-refractivity contribution is -0.143. The summed E-state index contributed by atoms with van der Waals surface area (Å²) in [5, 5.41) is 0.689. The van der Waals surface area contributed by atoms with E-state index in [2.05, 4.69) is 15.9 Å². The van der Waals surface area contributed by atoms with Gasteiger partial charge in [0.15, 0.2) is 0 Å². The van der Waals surface area contributed by atoms with E-state index in [1.165, 1.54) is 0 Å². The van der Waals surface area contributed by atoms with Crippen molar-refractivity contribution in [2.75, 3.05) is 6.61 Å². The van der Waals surface area contributed by atoms with Gasteiger partial charge in [-0.1, -0.05) is 39.7 Å². The number of halogens is 2. The predicted octanol–water partition coefficient (Wildman–Crippen LogP) is 3.73. The van der Waals surface area contributed by atoms with Crippen molar-refractivity contribution in [3.05, 3.63) is 34.9 Å². The zero-order chi connectivity index (χ0) is 11.3. The monoisotopic (exact) mass is 290 g/mol. The van der Waals surface area contributed by atoms with Crippen LogP contribution >= 0.6 is 27.5 Å². The molecule has 15 heavy (non-hydrogen) atoms. The summed E-state index contributed by atoms with van der Waals surface area (Å²) in [5.41, 5.74) is 1.02. The number of hydrogen-bond donors (Lipinski definition) is 0. The number of rotatable bonds is 4. The van der Waals surface area contributed by atoms with Gasteiger partial charge in [-0.2, -0.15) is 0 Å². The van der Waals surface area contributed by atoms with Crippen molar-refractivity contribution in [1.82, 2.24) is 0 Å². The highest BCUT2D eigenvalue weighted by Crippen LogP contribution is 2.27. The molecule has 0 amide bonds. The average molecular weight is 292 g/mol. The Morgan fingerprint density at radius 2 is 2.07 bits per heavy atom. The first-order valence-corrected chi connectivity index (χ1v) is 5.98. The van der Waals surface area contributed by atoms with Crippen LogP contribution in [-0.4, -0.2) is 12.6 Å². The SMILES string of the molecule is CCOC(=O)CC(Br)c1ccc(Cl)cc1. The zero-order valence-electron chi connectivity index (χ0n) is 8.37. The molecule has 0 saturated carbocycles. The molecule has 1 aromatic rings. The minimum atomic E-state index is -0.200. The second-order valence-electron chi connectivity index (χ2n) is 3.03. The molecule has 82 valence electrons. The Bertz CT molecular complexity index is 324. The zero-order valence-corrected chi connectivity index (χ0v) is 10.7. The second kappa shape index (κ2) is 6.13. The van der Waals surface area contributed by atoms with Gasteiger partial charge in [-0.3, -0.25) is 4.79 Å². The molecule has 0 fully saturated rings.